The second kappa shape index (κ2) is 7.41. The Kier molecular flexibility index (Phi) is 5.56. The van der Waals surface area contributed by atoms with E-state index in [2.05, 4.69) is 65.8 Å². The Balaban J connectivity index is 2.18. The van der Waals surface area contributed by atoms with Gasteiger partial charge in [0.1, 0.15) is 17.5 Å². The van der Waals surface area contributed by atoms with E-state index >= 15 is 0 Å². The summed E-state index contributed by atoms with van der Waals surface area (Å²) < 4.78 is 0. The zero-order valence-electron chi connectivity index (χ0n) is 13.2. The number of hydrogen-bond donors (Lipinski definition) is 2. The van der Waals surface area contributed by atoms with Crippen LogP contribution in [0.1, 0.15) is 56.8 Å². The number of nitrogens with zero attached hydrogens (tertiary/aromatic N) is 2. The van der Waals surface area contributed by atoms with Crippen LogP contribution in [0.5, 0.6) is 0 Å². The van der Waals surface area contributed by atoms with E-state index in [-0.39, 0.29) is 6.04 Å². The van der Waals surface area contributed by atoms with Gasteiger partial charge in [-0.3, -0.25) is 0 Å². The van der Waals surface area contributed by atoms with Gasteiger partial charge in [0.25, 0.3) is 0 Å². The fourth-order valence-corrected chi connectivity index (χ4v) is 2.71. The normalized spacial score (nSPS) is 12.4. The lowest BCUT2D eigenvalue weighted by molar-refractivity contribution is 0.769. The highest BCUT2D eigenvalue weighted by Gasteiger charge is 2.11. The van der Waals surface area contributed by atoms with Crippen LogP contribution in [-0.2, 0) is 0 Å². The monoisotopic (exact) mass is 304 g/mol. The van der Waals surface area contributed by atoms with Gasteiger partial charge < -0.3 is 10.6 Å². The summed E-state index contributed by atoms with van der Waals surface area (Å²) in [6, 6.07) is 6.46. The van der Waals surface area contributed by atoms with Crippen LogP contribution in [0.2, 0.25) is 0 Å². The van der Waals surface area contributed by atoms with Crippen molar-refractivity contribution >= 4 is 23.0 Å². The molecular weight excluding hydrogens is 280 g/mol. The number of rotatable bonds is 7. The maximum atomic E-state index is 4.63. The van der Waals surface area contributed by atoms with Crippen LogP contribution >= 0.6 is 11.3 Å². The molecule has 0 aliphatic heterocycles. The second-order valence-electron chi connectivity index (χ2n) is 5.46. The molecule has 0 spiro atoms. The Morgan fingerprint density at radius 3 is 2.57 bits per heavy atom. The van der Waals surface area contributed by atoms with E-state index in [0.29, 0.717) is 5.92 Å². The average molecular weight is 304 g/mol. The Labute approximate surface area is 131 Å². The van der Waals surface area contributed by atoms with Gasteiger partial charge in [0.2, 0.25) is 0 Å². The Hall–Kier alpha value is -1.62. The summed E-state index contributed by atoms with van der Waals surface area (Å²) in [5.74, 6) is 2.97. The lowest BCUT2D eigenvalue weighted by Gasteiger charge is -2.16. The first kappa shape index (κ1) is 15.8. The van der Waals surface area contributed by atoms with Crippen molar-refractivity contribution < 1.29 is 0 Å². The predicted molar refractivity (Wildman–Crippen MR) is 91.3 cm³/mol. The van der Waals surface area contributed by atoms with Crippen molar-refractivity contribution in [2.75, 3.05) is 17.2 Å². The average Bonchev–Trinajstić information content (AvgIpc) is 2.99. The molecule has 2 heterocycles. The van der Waals surface area contributed by atoms with E-state index < -0.39 is 0 Å². The molecule has 4 nitrogen and oxygen atoms in total. The molecule has 2 aromatic heterocycles. The molecule has 0 saturated carbocycles. The minimum Gasteiger partial charge on any atom is -0.370 e. The van der Waals surface area contributed by atoms with Crippen molar-refractivity contribution in [3.63, 3.8) is 0 Å². The van der Waals surface area contributed by atoms with Crippen LogP contribution < -0.4 is 10.6 Å². The third kappa shape index (κ3) is 4.43. The first-order valence-corrected chi connectivity index (χ1v) is 8.41. The van der Waals surface area contributed by atoms with Gasteiger partial charge in [-0.15, -0.1) is 11.3 Å². The molecule has 114 valence electrons. The topological polar surface area (TPSA) is 49.8 Å². The Bertz CT molecular complexity index is 551. The van der Waals surface area contributed by atoms with E-state index in [9.17, 15) is 0 Å². The molecule has 0 fully saturated rings. The summed E-state index contributed by atoms with van der Waals surface area (Å²) in [6.07, 6.45) is 1.08. The zero-order valence-corrected chi connectivity index (χ0v) is 14.0. The minimum atomic E-state index is 0.249. The quantitative estimate of drug-likeness (QED) is 0.781. The first-order chi connectivity index (χ1) is 10.1. The molecule has 0 bridgehead atoms. The van der Waals surface area contributed by atoms with Crippen molar-refractivity contribution in [1.82, 2.24) is 9.97 Å². The molecule has 0 radical (unpaired) electrons. The third-order valence-corrected chi connectivity index (χ3v) is 4.21. The lowest BCUT2D eigenvalue weighted by Crippen LogP contribution is -2.11. The molecule has 2 aromatic rings. The minimum absolute atomic E-state index is 0.249. The van der Waals surface area contributed by atoms with Crippen molar-refractivity contribution in [2.24, 2.45) is 0 Å². The van der Waals surface area contributed by atoms with Crippen LogP contribution in [0.25, 0.3) is 0 Å². The zero-order chi connectivity index (χ0) is 15.2. The van der Waals surface area contributed by atoms with Gasteiger partial charge in [-0.1, -0.05) is 26.8 Å². The number of anilines is 2. The van der Waals surface area contributed by atoms with Crippen LogP contribution in [-0.4, -0.2) is 16.5 Å². The van der Waals surface area contributed by atoms with Crippen LogP contribution in [0.15, 0.2) is 23.6 Å². The van der Waals surface area contributed by atoms with Crippen molar-refractivity contribution in [3.8, 4) is 0 Å². The first-order valence-electron chi connectivity index (χ1n) is 7.53. The molecular formula is C16H24N4S. The van der Waals surface area contributed by atoms with Gasteiger partial charge in [0, 0.05) is 23.4 Å². The molecule has 0 aliphatic carbocycles. The number of thiophene rings is 1. The highest BCUT2D eigenvalue weighted by Crippen LogP contribution is 2.24. The molecule has 0 aromatic carbocycles. The molecule has 0 amide bonds. The molecule has 0 aliphatic rings. The van der Waals surface area contributed by atoms with Gasteiger partial charge >= 0.3 is 0 Å². The van der Waals surface area contributed by atoms with Crippen LogP contribution in [0.4, 0.5) is 11.6 Å². The van der Waals surface area contributed by atoms with E-state index in [1.807, 2.05) is 6.07 Å². The summed E-state index contributed by atoms with van der Waals surface area (Å²) in [5.41, 5.74) is 0. The highest BCUT2D eigenvalue weighted by atomic mass is 32.1. The van der Waals surface area contributed by atoms with E-state index in [1.165, 1.54) is 4.88 Å². The Morgan fingerprint density at radius 2 is 1.95 bits per heavy atom. The summed E-state index contributed by atoms with van der Waals surface area (Å²) in [4.78, 5) is 10.5. The highest BCUT2D eigenvalue weighted by molar-refractivity contribution is 7.10. The van der Waals surface area contributed by atoms with Crippen LogP contribution in [0.3, 0.4) is 0 Å². The molecule has 2 N–H and O–H groups in total. The fraction of sp³-hybridized carbons (Fsp3) is 0.500. The third-order valence-electron chi connectivity index (χ3n) is 3.15. The summed E-state index contributed by atoms with van der Waals surface area (Å²) in [7, 11) is 0. The van der Waals surface area contributed by atoms with Crippen molar-refractivity contribution in [3.05, 3.63) is 34.3 Å². The summed E-state index contributed by atoms with van der Waals surface area (Å²) in [5, 5.41) is 8.92. The van der Waals surface area contributed by atoms with Crippen molar-refractivity contribution in [1.29, 1.82) is 0 Å². The second-order valence-corrected chi connectivity index (χ2v) is 6.44. The van der Waals surface area contributed by atoms with Gasteiger partial charge in [-0.2, -0.15) is 0 Å². The largest absolute Gasteiger partial charge is 0.370 e. The predicted octanol–water partition coefficient (Wildman–Crippen LogP) is 4.66. The van der Waals surface area contributed by atoms with Gasteiger partial charge in [0.15, 0.2) is 0 Å². The smallest absolute Gasteiger partial charge is 0.135 e. The van der Waals surface area contributed by atoms with Crippen molar-refractivity contribution in [2.45, 2.75) is 46.1 Å². The van der Waals surface area contributed by atoms with Crippen LogP contribution in [0, 0.1) is 0 Å². The fourth-order valence-electron chi connectivity index (χ4n) is 1.97. The summed E-state index contributed by atoms with van der Waals surface area (Å²) >= 11 is 1.76. The number of aromatic nitrogens is 2. The van der Waals surface area contributed by atoms with Gasteiger partial charge in [-0.05, 0) is 24.8 Å². The van der Waals surface area contributed by atoms with E-state index in [1.54, 1.807) is 11.3 Å². The Morgan fingerprint density at radius 1 is 1.19 bits per heavy atom. The number of nitrogens with one attached hydrogen (secondary N) is 2. The molecule has 21 heavy (non-hydrogen) atoms. The molecule has 2 rings (SSSR count). The SMILES string of the molecule is CCCNc1cc(NC(C)c2cccs2)nc(C(C)C)n1. The number of hydrogen-bond acceptors (Lipinski definition) is 5. The van der Waals surface area contributed by atoms with E-state index in [4.69, 9.17) is 0 Å². The van der Waals surface area contributed by atoms with Gasteiger partial charge in [-0.25, -0.2) is 9.97 Å². The summed E-state index contributed by atoms with van der Waals surface area (Å²) in [6.45, 7) is 9.46. The standard InChI is InChI=1S/C16H24N4S/c1-5-8-17-14-10-15(20-16(19-14)11(2)3)18-12(4)13-7-6-9-21-13/h6-7,9-12H,5,8H2,1-4H3,(H2,17,18,19,20). The molecule has 5 heteroatoms. The molecule has 1 unspecified atom stereocenters. The van der Waals surface area contributed by atoms with Gasteiger partial charge in [0.05, 0.1) is 6.04 Å². The maximum Gasteiger partial charge on any atom is 0.135 e. The van der Waals surface area contributed by atoms with E-state index in [0.717, 1.165) is 30.4 Å². The maximum absolute atomic E-state index is 4.63. The lowest BCUT2D eigenvalue weighted by atomic mass is 10.2. The molecule has 1 atom stereocenters. The molecule has 0 saturated heterocycles.